The molecule has 1 aliphatic heterocycles. The highest BCUT2D eigenvalue weighted by Gasteiger charge is 2.26. The summed E-state index contributed by atoms with van der Waals surface area (Å²) in [6.45, 7) is 0.905. The van der Waals surface area contributed by atoms with Crippen LogP contribution in [0.25, 0.3) is 0 Å². The number of aryl methyl sites for hydroxylation is 1. The molecule has 5 heteroatoms. The molecule has 0 saturated heterocycles. The summed E-state index contributed by atoms with van der Waals surface area (Å²) in [6, 6.07) is 9.91. The first kappa shape index (κ1) is 15.0. The third-order valence-electron chi connectivity index (χ3n) is 4.54. The van der Waals surface area contributed by atoms with Crippen molar-refractivity contribution in [1.82, 2.24) is 5.32 Å². The van der Waals surface area contributed by atoms with Gasteiger partial charge in [0.05, 0.1) is 11.6 Å². The van der Waals surface area contributed by atoms with Crippen molar-refractivity contribution in [2.24, 2.45) is 0 Å². The Balaban J connectivity index is 1.61. The average molecular weight is 327 g/mol. The zero-order chi connectivity index (χ0) is 16.5. The van der Waals surface area contributed by atoms with Crippen LogP contribution in [-0.2, 0) is 6.42 Å². The van der Waals surface area contributed by atoms with E-state index in [0.717, 1.165) is 30.4 Å². The number of amides is 1. The Bertz CT molecular complexity index is 790. The maximum Gasteiger partial charge on any atom is 0.255 e. The Morgan fingerprint density at radius 1 is 1.17 bits per heavy atom. The summed E-state index contributed by atoms with van der Waals surface area (Å²) in [4.78, 5) is 12.7. The van der Waals surface area contributed by atoms with Gasteiger partial charge in [-0.15, -0.1) is 0 Å². The fraction of sp³-hybridized carbons (Fsp3) is 0.316. The maximum absolute atomic E-state index is 13.6. The highest BCUT2D eigenvalue weighted by atomic mass is 19.1. The fourth-order valence-corrected chi connectivity index (χ4v) is 3.41. The van der Waals surface area contributed by atoms with Gasteiger partial charge in [0.15, 0.2) is 11.5 Å². The minimum Gasteiger partial charge on any atom is -0.486 e. The number of hydrogen-bond acceptors (Lipinski definition) is 3. The molecule has 1 aliphatic carbocycles. The molecule has 124 valence electrons. The van der Waals surface area contributed by atoms with Crippen LogP contribution in [0.3, 0.4) is 0 Å². The van der Waals surface area contributed by atoms with Crippen LogP contribution in [0.4, 0.5) is 4.39 Å². The number of carbonyl (C=O) groups excluding carboxylic acids is 1. The number of halogens is 1. The summed E-state index contributed by atoms with van der Waals surface area (Å²) in [5.74, 6) is 0.573. The van der Waals surface area contributed by atoms with Crippen molar-refractivity contribution in [2.45, 2.75) is 25.3 Å². The van der Waals surface area contributed by atoms with E-state index in [-0.39, 0.29) is 17.8 Å². The van der Waals surface area contributed by atoms with E-state index in [2.05, 4.69) is 5.32 Å². The summed E-state index contributed by atoms with van der Waals surface area (Å²) in [5, 5.41) is 3.03. The molecule has 0 spiro atoms. The second-order valence-electron chi connectivity index (χ2n) is 6.09. The van der Waals surface area contributed by atoms with Crippen LogP contribution in [0.1, 0.15) is 40.4 Å². The van der Waals surface area contributed by atoms with Crippen LogP contribution >= 0.6 is 0 Å². The van der Waals surface area contributed by atoms with Crippen LogP contribution in [0.15, 0.2) is 36.4 Å². The van der Waals surface area contributed by atoms with E-state index in [0.29, 0.717) is 30.3 Å². The molecule has 1 amide bonds. The van der Waals surface area contributed by atoms with Crippen molar-refractivity contribution < 1.29 is 18.7 Å². The highest BCUT2D eigenvalue weighted by Crippen LogP contribution is 2.35. The number of fused-ring (bicyclic) bond motifs is 2. The van der Waals surface area contributed by atoms with Gasteiger partial charge in [-0.05, 0) is 54.7 Å². The fourth-order valence-electron chi connectivity index (χ4n) is 3.41. The minimum atomic E-state index is -0.274. The second kappa shape index (κ2) is 6.15. The summed E-state index contributed by atoms with van der Waals surface area (Å²) in [6.07, 6.45) is 2.68. The Morgan fingerprint density at radius 3 is 2.96 bits per heavy atom. The van der Waals surface area contributed by atoms with E-state index in [1.165, 1.54) is 12.1 Å². The van der Waals surface area contributed by atoms with Crippen molar-refractivity contribution in [3.63, 3.8) is 0 Å². The van der Waals surface area contributed by atoms with Crippen LogP contribution in [0.5, 0.6) is 11.5 Å². The van der Waals surface area contributed by atoms with E-state index in [1.54, 1.807) is 18.2 Å². The molecule has 0 bridgehead atoms. The lowest BCUT2D eigenvalue weighted by Crippen LogP contribution is -2.32. The molecule has 0 saturated carbocycles. The zero-order valence-corrected chi connectivity index (χ0v) is 13.2. The third kappa shape index (κ3) is 2.70. The summed E-state index contributed by atoms with van der Waals surface area (Å²) in [7, 11) is 0. The largest absolute Gasteiger partial charge is 0.486 e. The molecular weight excluding hydrogens is 309 g/mol. The van der Waals surface area contributed by atoms with Crippen molar-refractivity contribution in [3.05, 3.63) is 58.9 Å². The van der Waals surface area contributed by atoms with Crippen molar-refractivity contribution in [3.8, 4) is 11.5 Å². The number of para-hydroxylation sites is 1. The van der Waals surface area contributed by atoms with Gasteiger partial charge in [-0.2, -0.15) is 0 Å². The third-order valence-corrected chi connectivity index (χ3v) is 4.54. The summed E-state index contributed by atoms with van der Waals surface area (Å²) < 4.78 is 24.7. The predicted octanol–water partition coefficient (Wildman–Crippen LogP) is 3.40. The SMILES string of the molecule is O=C(N[C@@H]1CCCc2ccc(F)cc21)c1cccc2c1OCCO2. The second-order valence-corrected chi connectivity index (χ2v) is 6.09. The van der Waals surface area contributed by atoms with Crippen LogP contribution < -0.4 is 14.8 Å². The predicted molar refractivity (Wildman–Crippen MR) is 87.0 cm³/mol. The van der Waals surface area contributed by atoms with Gasteiger partial charge in [-0.1, -0.05) is 12.1 Å². The monoisotopic (exact) mass is 327 g/mol. The lowest BCUT2D eigenvalue weighted by Gasteiger charge is -2.27. The summed E-state index contributed by atoms with van der Waals surface area (Å²) >= 11 is 0. The first-order chi connectivity index (χ1) is 11.7. The topological polar surface area (TPSA) is 47.6 Å². The molecule has 2 aliphatic rings. The Morgan fingerprint density at radius 2 is 2.04 bits per heavy atom. The molecule has 1 atom stereocenters. The quantitative estimate of drug-likeness (QED) is 0.919. The Labute approximate surface area is 139 Å². The molecule has 24 heavy (non-hydrogen) atoms. The standard InChI is InChI=1S/C19H18FNO3/c20-13-8-7-12-3-1-5-16(15(12)11-13)21-19(22)14-4-2-6-17-18(14)24-10-9-23-17/h2,4,6-8,11,16H,1,3,5,9-10H2,(H,21,22)/t16-/m1/s1. The van der Waals surface area contributed by atoms with Crippen molar-refractivity contribution >= 4 is 5.91 Å². The molecule has 0 unspecified atom stereocenters. The molecule has 4 rings (SSSR count). The molecule has 1 heterocycles. The molecular formula is C19H18FNO3. The zero-order valence-electron chi connectivity index (χ0n) is 13.2. The molecule has 2 aromatic rings. The van der Waals surface area contributed by atoms with Crippen LogP contribution in [-0.4, -0.2) is 19.1 Å². The lowest BCUT2D eigenvalue weighted by molar-refractivity contribution is 0.0921. The van der Waals surface area contributed by atoms with Gasteiger partial charge in [0, 0.05) is 0 Å². The first-order valence-corrected chi connectivity index (χ1v) is 8.20. The number of benzene rings is 2. The van der Waals surface area contributed by atoms with Gasteiger partial charge in [-0.25, -0.2) is 4.39 Å². The number of carbonyl (C=O) groups is 1. The number of nitrogens with one attached hydrogen (secondary N) is 1. The van der Waals surface area contributed by atoms with Gasteiger partial charge in [0.1, 0.15) is 19.0 Å². The number of hydrogen-bond donors (Lipinski definition) is 1. The first-order valence-electron chi connectivity index (χ1n) is 8.20. The molecule has 0 radical (unpaired) electrons. The lowest BCUT2D eigenvalue weighted by atomic mass is 9.87. The van der Waals surface area contributed by atoms with Gasteiger partial charge < -0.3 is 14.8 Å². The van der Waals surface area contributed by atoms with E-state index in [9.17, 15) is 9.18 Å². The Hall–Kier alpha value is -2.56. The molecule has 0 fully saturated rings. The van der Waals surface area contributed by atoms with E-state index >= 15 is 0 Å². The van der Waals surface area contributed by atoms with E-state index in [1.807, 2.05) is 6.07 Å². The van der Waals surface area contributed by atoms with Crippen LogP contribution in [0.2, 0.25) is 0 Å². The van der Waals surface area contributed by atoms with Gasteiger partial charge >= 0.3 is 0 Å². The summed E-state index contributed by atoms with van der Waals surface area (Å²) in [5.41, 5.74) is 2.43. The maximum atomic E-state index is 13.6. The number of ether oxygens (including phenoxy) is 2. The average Bonchev–Trinajstić information content (AvgIpc) is 2.61. The minimum absolute atomic E-state index is 0.183. The van der Waals surface area contributed by atoms with Crippen molar-refractivity contribution in [1.29, 1.82) is 0 Å². The highest BCUT2D eigenvalue weighted by molar-refractivity contribution is 5.98. The molecule has 0 aromatic heterocycles. The normalized spacial score (nSPS) is 18.6. The Kier molecular flexibility index (Phi) is 3.84. The van der Waals surface area contributed by atoms with Gasteiger partial charge in [0.2, 0.25) is 0 Å². The van der Waals surface area contributed by atoms with Crippen LogP contribution in [0, 0.1) is 5.82 Å². The van der Waals surface area contributed by atoms with Crippen molar-refractivity contribution in [2.75, 3.05) is 13.2 Å². The molecule has 1 N–H and O–H groups in total. The smallest absolute Gasteiger partial charge is 0.255 e. The molecule has 2 aromatic carbocycles. The van der Waals surface area contributed by atoms with Gasteiger partial charge in [-0.3, -0.25) is 4.79 Å². The van der Waals surface area contributed by atoms with E-state index in [4.69, 9.17) is 9.47 Å². The molecule has 4 nitrogen and oxygen atoms in total. The number of rotatable bonds is 2. The van der Waals surface area contributed by atoms with E-state index < -0.39 is 0 Å². The van der Waals surface area contributed by atoms with Gasteiger partial charge in [0.25, 0.3) is 5.91 Å².